The molecule has 3 rings (SSSR count). The van der Waals surface area contributed by atoms with Gasteiger partial charge in [-0.1, -0.05) is 0 Å². The molecule has 0 aliphatic carbocycles. The van der Waals surface area contributed by atoms with Crippen molar-refractivity contribution in [1.82, 2.24) is 15.5 Å². The molecule has 0 aromatic heterocycles. The van der Waals surface area contributed by atoms with Gasteiger partial charge >= 0.3 is 12.1 Å². The second-order valence-corrected chi connectivity index (χ2v) is 8.43. The first-order valence-corrected chi connectivity index (χ1v) is 11.0. The Morgan fingerprint density at radius 2 is 1.77 bits per heavy atom. The average molecular weight is 432 g/mol. The molecule has 1 aromatic rings. The van der Waals surface area contributed by atoms with Crippen LogP contribution in [0.5, 0.6) is 0 Å². The monoisotopic (exact) mass is 431 g/mol. The number of carbonyl (C=O) groups excluding carboxylic acids is 3. The van der Waals surface area contributed by atoms with E-state index in [1.165, 1.54) is 0 Å². The molecule has 2 aliphatic heterocycles. The molecule has 1 aromatic carbocycles. The van der Waals surface area contributed by atoms with E-state index in [1.807, 2.05) is 13.8 Å². The maximum absolute atomic E-state index is 12.7. The maximum atomic E-state index is 12.7. The van der Waals surface area contributed by atoms with Gasteiger partial charge in [0.25, 0.3) is 0 Å². The number of nitrogens with zero attached hydrogens (tertiary/aromatic N) is 1. The molecule has 0 radical (unpaired) electrons. The molecule has 9 nitrogen and oxygen atoms in total. The van der Waals surface area contributed by atoms with Crippen molar-refractivity contribution in [2.45, 2.75) is 51.7 Å². The number of anilines is 2. The highest BCUT2D eigenvalue weighted by Crippen LogP contribution is 2.19. The minimum absolute atomic E-state index is 0.0110. The third-order valence-electron chi connectivity index (χ3n) is 5.42. The molecule has 9 heteroatoms. The first-order chi connectivity index (χ1) is 14.9. The van der Waals surface area contributed by atoms with E-state index in [0.717, 1.165) is 32.3 Å². The van der Waals surface area contributed by atoms with Gasteiger partial charge in [0.2, 0.25) is 5.91 Å². The maximum Gasteiger partial charge on any atom is 0.321 e. The number of hydrogen-bond acceptors (Lipinski definition) is 4. The van der Waals surface area contributed by atoms with Crippen molar-refractivity contribution in [3.63, 3.8) is 0 Å². The Morgan fingerprint density at radius 1 is 1.06 bits per heavy atom. The molecular weight excluding hydrogens is 398 g/mol. The van der Waals surface area contributed by atoms with Crippen molar-refractivity contribution >= 4 is 29.3 Å². The van der Waals surface area contributed by atoms with Crippen LogP contribution < -0.4 is 21.3 Å². The largest absolute Gasteiger partial charge is 0.376 e. The summed E-state index contributed by atoms with van der Waals surface area (Å²) in [6.45, 7) is 6.10. The molecule has 0 saturated carbocycles. The van der Waals surface area contributed by atoms with Crippen LogP contribution in [0.3, 0.4) is 0 Å². The van der Waals surface area contributed by atoms with Crippen LogP contribution in [0.2, 0.25) is 0 Å². The standard InChI is InChI=1S/C22H33N5O4/c1-15(2)24-21(29)25-17-7-9-18(10-8-17)26-22(30)27-11-3-5-16(14-27)20(28)23-13-19-6-4-12-31-19/h7-10,15-16,19H,3-6,11-14H2,1-2H3,(H,23,28)(H,26,30)(H2,24,25,29). The molecule has 0 bridgehead atoms. The summed E-state index contributed by atoms with van der Waals surface area (Å²) >= 11 is 0. The third kappa shape index (κ3) is 7.13. The van der Waals surface area contributed by atoms with E-state index in [-0.39, 0.29) is 36.0 Å². The second kappa shape index (κ2) is 11.0. The number of likely N-dealkylation sites (tertiary alicyclic amines) is 1. The Hall–Kier alpha value is -2.81. The number of benzene rings is 1. The lowest BCUT2D eigenvalue weighted by molar-refractivity contribution is -0.126. The van der Waals surface area contributed by atoms with Crippen molar-refractivity contribution in [2.24, 2.45) is 5.92 Å². The summed E-state index contributed by atoms with van der Waals surface area (Å²) < 4.78 is 5.55. The van der Waals surface area contributed by atoms with E-state index in [1.54, 1.807) is 29.2 Å². The van der Waals surface area contributed by atoms with Gasteiger partial charge in [-0.15, -0.1) is 0 Å². The topological polar surface area (TPSA) is 112 Å². The smallest absolute Gasteiger partial charge is 0.321 e. The van der Waals surface area contributed by atoms with E-state index >= 15 is 0 Å². The van der Waals surface area contributed by atoms with E-state index in [9.17, 15) is 14.4 Å². The third-order valence-corrected chi connectivity index (χ3v) is 5.42. The summed E-state index contributed by atoms with van der Waals surface area (Å²) in [7, 11) is 0. The Balaban J connectivity index is 1.45. The van der Waals surface area contributed by atoms with Crippen LogP contribution in [0.1, 0.15) is 39.5 Å². The summed E-state index contributed by atoms with van der Waals surface area (Å²) in [4.78, 5) is 38.6. The van der Waals surface area contributed by atoms with Gasteiger partial charge in [-0.3, -0.25) is 4.79 Å². The molecular formula is C22H33N5O4. The lowest BCUT2D eigenvalue weighted by atomic mass is 9.97. The molecule has 2 aliphatic rings. The zero-order chi connectivity index (χ0) is 22.2. The minimum Gasteiger partial charge on any atom is -0.376 e. The second-order valence-electron chi connectivity index (χ2n) is 8.43. The fourth-order valence-corrected chi connectivity index (χ4v) is 3.81. The predicted octanol–water partition coefficient (Wildman–Crippen LogP) is 2.76. The molecule has 2 fully saturated rings. The lowest BCUT2D eigenvalue weighted by Crippen LogP contribution is -2.47. The summed E-state index contributed by atoms with van der Waals surface area (Å²) in [5, 5.41) is 11.3. The zero-order valence-electron chi connectivity index (χ0n) is 18.3. The number of rotatable bonds is 6. The van der Waals surface area contributed by atoms with Crippen LogP contribution in [0, 0.1) is 5.92 Å². The van der Waals surface area contributed by atoms with Gasteiger partial charge in [0, 0.05) is 43.7 Å². The van der Waals surface area contributed by atoms with Crippen LogP contribution in [-0.4, -0.2) is 61.3 Å². The highest BCUT2D eigenvalue weighted by Gasteiger charge is 2.29. The van der Waals surface area contributed by atoms with E-state index in [2.05, 4.69) is 21.3 Å². The van der Waals surface area contributed by atoms with Gasteiger partial charge in [-0.2, -0.15) is 0 Å². The van der Waals surface area contributed by atoms with Gasteiger partial charge in [-0.25, -0.2) is 9.59 Å². The quantitative estimate of drug-likeness (QED) is 0.555. The highest BCUT2D eigenvalue weighted by atomic mass is 16.5. The van der Waals surface area contributed by atoms with E-state index < -0.39 is 0 Å². The number of urea groups is 2. The fraction of sp³-hybridized carbons (Fsp3) is 0.591. The molecule has 2 unspecified atom stereocenters. The van der Waals surface area contributed by atoms with Crippen molar-refractivity contribution in [1.29, 1.82) is 0 Å². The molecule has 4 N–H and O–H groups in total. The Bertz CT molecular complexity index is 762. The molecule has 5 amide bonds. The van der Waals surface area contributed by atoms with Gasteiger partial charge in [0.1, 0.15) is 0 Å². The average Bonchev–Trinajstić information content (AvgIpc) is 3.26. The predicted molar refractivity (Wildman–Crippen MR) is 119 cm³/mol. The van der Waals surface area contributed by atoms with Gasteiger partial charge in [0.05, 0.1) is 12.0 Å². The van der Waals surface area contributed by atoms with E-state index in [4.69, 9.17) is 4.74 Å². The normalized spacial score (nSPS) is 20.9. The number of nitrogens with one attached hydrogen (secondary N) is 4. The summed E-state index contributed by atoms with van der Waals surface area (Å²) in [6, 6.07) is 6.47. The summed E-state index contributed by atoms with van der Waals surface area (Å²) in [5.74, 6) is -0.213. The van der Waals surface area contributed by atoms with Gasteiger partial charge in [0.15, 0.2) is 0 Å². The van der Waals surface area contributed by atoms with Crippen molar-refractivity contribution in [3.8, 4) is 0 Å². The first-order valence-electron chi connectivity index (χ1n) is 11.0. The Morgan fingerprint density at radius 3 is 2.42 bits per heavy atom. The summed E-state index contributed by atoms with van der Waals surface area (Å²) in [6.07, 6.45) is 3.70. The molecule has 31 heavy (non-hydrogen) atoms. The van der Waals surface area contributed by atoms with Crippen LogP contribution in [-0.2, 0) is 9.53 Å². The number of carbonyl (C=O) groups is 3. The van der Waals surface area contributed by atoms with Gasteiger partial charge in [-0.05, 0) is 63.8 Å². The number of piperidine rings is 1. The lowest BCUT2D eigenvalue weighted by Gasteiger charge is -2.32. The fourth-order valence-electron chi connectivity index (χ4n) is 3.81. The number of ether oxygens (including phenoxy) is 1. The molecule has 0 spiro atoms. The van der Waals surface area contributed by atoms with Crippen LogP contribution in [0.4, 0.5) is 21.0 Å². The Labute approximate surface area is 183 Å². The van der Waals surface area contributed by atoms with Gasteiger partial charge < -0.3 is 30.9 Å². The number of amides is 5. The molecule has 170 valence electrons. The van der Waals surface area contributed by atoms with Crippen LogP contribution >= 0.6 is 0 Å². The first kappa shape index (κ1) is 22.9. The minimum atomic E-state index is -0.274. The molecule has 2 saturated heterocycles. The Kier molecular flexibility index (Phi) is 8.11. The van der Waals surface area contributed by atoms with Crippen molar-refractivity contribution in [3.05, 3.63) is 24.3 Å². The SMILES string of the molecule is CC(C)NC(=O)Nc1ccc(NC(=O)N2CCCC(C(=O)NCC3CCCO3)C2)cc1. The van der Waals surface area contributed by atoms with Crippen LogP contribution in [0.25, 0.3) is 0 Å². The van der Waals surface area contributed by atoms with Crippen LogP contribution in [0.15, 0.2) is 24.3 Å². The van der Waals surface area contributed by atoms with E-state index in [0.29, 0.717) is 31.0 Å². The number of hydrogen-bond donors (Lipinski definition) is 4. The molecule has 2 atom stereocenters. The molecule has 2 heterocycles. The highest BCUT2D eigenvalue weighted by molar-refractivity contribution is 5.92. The van der Waals surface area contributed by atoms with Crippen molar-refractivity contribution < 1.29 is 19.1 Å². The zero-order valence-corrected chi connectivity index (χ0v) is 18.3. The van der Waals surface area contributed by atoms with Crippen molar-refractivity contribution in [2.75, 3.05) is 36.9 Å². The summed E-state index contributed by atoms with van der Waals surface area (Å²) in [5.41, 5.74) is 1.27.